The van der Waals surface area contributed by atoms with Crippen LogP contribution in [0.3, 0.4) is 0 Å². The minimum atomic E-state index is -0.526. The van der Waals surface area contributed by atoms with Crippen LogP contribution in [0.15, 0.2) is 42.6 Å². The third-order valence-electron chi connectivity index (χ3n) is 9.54. The lowest BCUT2D eigenvalue weighted by molar-refractivity contribution is 0.108. The normalized spacial score (nSPS) is 23.8. The molecule has 2 bridgehead atoms. The van der Waals surface area contributed by atoms with Gasteiger partial charge in [-0.15, -0.1) is 0 Å². The van der Waals surface area contributed by atoms with Crippen LogP contribution in [0.5, 0.6) is 11.8 Å². The molecule has 0 amide bonds. The number of anilines is 1. The zero-order chi connectivity index (χ0) is 26.8. The molecule has 2 N–H and O–H groups in total. The molecule has 6 heterocycles. The van der Waals surface area contributed by atoms with E-state index in [9.17, 15) is 5.11 Å². The number of fused-ring (bicyclic) bond motifs is 5. The van der Waals surface area contributed by atoms with E-state index in [2.05, 4.69) is 25.1 Å². The van der Waals surface area contributed by atoms with E-state index in [0.717, 1.165) is 62.6 Å². The Morgan fingerprint density at radius 1 is 1.02 bits per heavy atom. The van der Waals surface area contributed by atoms with Crippen molar-refractivity contribution in [3.8, 4) is 23.0 Å². The lowest BCUT2D eigenvalue weighted by atomic mass is 9.95. The average Bonchev–Trinajstić information content (AvgIpc) is 3.65. The summed E-state index contributed by atoms with van der Waals surface area (Å²) >= 11 is 0. The lowest BCUT2D eigenvalue weighted by Gasteiger charge is -2.34. The number of nitrogens with one attached hydrogen (secondary N) is 1. The van der Waals surface area contributed by atoms with Gasteiger partial charge in [-0.1, -0.05) is 24.3 Å². The number of piperazine rings is 1. The summed E-state index contributed by atoms with van der Waals surface area (Å²) in [5, 5.41) is 16.3. The van der Waals surface area contributed by atoms with E-state index in [0.29, 0.717) is 35.5 Å². The van der Waals surface area contributed by atoms with E-state index in [-0.39, 0.29) is 28.5 Å². The number of hydrogen-bond acceptors (Lipinski definition) is 8. The third-order valence-corrected chi connectivity index (χ3v) is 9.54. The van der Waals surface area contributed by atoms with Crippen molar-refractivity contribution in [1.29, 1.82) is 0 Å². The number of nitrogens with zero attached hydrogens (tertiary/aromatic N) is 5. The summed E-state index contributed by atoms with van der Waals surface area (Å²) < 4.78 is 22.9. The van der Waals surface area contributed by atoms with E-state index in [1.165, 1.54) is 12.8 Å². The van der Waals surface area contributed by atoms with Gasteiger partial charge < -0.3 is 20.1 Å². The number of aromatic nitrogens is 3. The van der Waals surface area contributed by atoms with Gasteiger partial charge in [0.25, 0.3) is 0 Å². The molecule has 2 aromatic heterocycles. The largest absolute Gasteiger partial charge is 0.508 e. The third kappa shape index (κ3) is 3.89. The molecule has 8 nitrogen and oxygen atoms in total. The van der Waals surface area contributed by atoms with Crippen molar-refractivity contribution in [2.75, 3.05) is 37.7 Å². The van der Waals surface area contributed by atoms with Crippen molar-refractivity contribution in [2.45, 2.75) is 56.1 Å². The Morgan fingerprint density at radius 2 is 1.80 bits per heavy atom. The van der Waals surface area contributed by atoms with Crippen LogP contribution < -0.4 is 15.0 Å². The van der Waals surface area contributed by atoms with Crippen molar-refractivity contribution >= 4 is 27.5 Å². The number of ether oxygens (including phenoxy) is 1. The van der Waals surface area contributed by atoms with E-state index >= 15 is 4.39 Å². The fourth-order valence-corrected chi connectivity index (χ4v) is 7.64. The molecule has 40 heavy (non-hydrogen) atoms. The summed E-state index contributed by atoms with van der Waals surface area (Å²) in [6, 6.07) is 11.9. The average molecular weight is 541 g/mol. The molecule has 0 unspecified atom stereocenters. The van der Waals surface area contributed by atoms with Gasteiger partial charge in [0.2, 0.25) is 0 Å². The van der Waals surface area contributed by atoms with Gasteiger partial charge in [0.15, 0.2) is 5.82 Å². The van der Waals surface area contributed by atoms with Gasteiger partial charge in [0, 0.05) is 36.9 Å². The zero-order valence-corrected chi connectivity index (χ0v) is 22.4. The number of halogens is 1. The van der Waals surface area contributed by atoms with Crippen molar-refractivity contribution in [3.05, 3.63) is 48.4 Å². The maximum absolute atomic E-state index is 16.5. The van der Waals surface area contributed by atoms with Crippen molar-refractivity contribution in [2.24, 2.45) is 0 Å². The van der Waals surface area contributed by atoms with Crippen LogP contribution in [-0.2, 0) is 0 Å². The summed E-state index contributed by atoms with van der Waals surface area (Å²) in [5.41, 5.74) is 0.932. The summed E-state index contributed by atoms with van der Waals surface area (Å²) in [4.78, 5) is 19.0. The first-order valence-electron chi connectivity index (χ1n) is 14.5. The van der Waals surface area contributed by atoms with Gasteiger partial charge in [0.05, 0.1) is 10.9 Å². The first-order valence-corrected chi connectivity index (χ1v) is 14.5. The lowest BCUT2D eigenvalue weighted by Crippen LogP contribution is -2.51. The fourth-order valence-electron chi connectivity index (χ4n) is 7.64. The second kappa shape index (κ2) is 9.24. The monoisotopic (exact) mass is 540 g/mol. The van der Waals surface area contributed by atoms with Crippen LogP contribution in [0.1, 0.15) is 38.5 Å². The minimum absolute atomic E-state index is 0.0368. The molecule has 4 saturated heterocycles. The van der Waals surface area contributed by atoms with Crippen molar-refractivity contribution in [1.82, 2.24) is 25.2 Å². The minimum Gasteiger partial charge on any atom is -0.508 e. The molecular formula is C31H33FN6O2. The Hall–Kier alpha value is -3.56. The SMILES string of the molecule is Oc1cc(-c2ncc3c(N4C[C@H]5CC[C@@H](C4)N5)nc(OCC45CCCN4CCC5)nc3c2F)c2ccccc2c1. The number of hydrogen-bond donors (Lipinski definition) is 2. The molecule has 2 atom stereocenters. The summed E-state index contributed by atoms with van der Waals surface area (Å²) in [6.45, 7) is 4.35. The standard InChI is InChI=1S/C31H33FN6O2/c32-26-27(24-14-22(39)13-19-5-1-2-6-23(19)24)33-15-25-28(26)35-30(40-18-31-9-3-11-38(31)12-4-10-31)36-29(25)37-16-20-7-8-21(17-37)34-20/h1-2,5-6,13-15,20-21,34,39H,3-4,7-12,16-18H2/t20-,21+. The van der Waals surface area contributed by atoms with Gasteiger partial charge in [-0.3, -0.25) is 9.88 Å². The Labute approximate surface area is 232 Å². The van der Waals surface area contributed by atoms with Crippen LogP contribution in [0, 0.1) is 5.82 Å². The van der Waals surface area contributed by atoms with Crippen LogP contribution in [0.2, 0.25) is 0 Å². The molecule has 0 saturated carbocycles. The van der Waals surface area contributed by atoms with Gasteiger partial charge in [-0.05, 0) is 74.5 Å². The zero-order valence-electron chi connectivity index (χ0n) is 22.4. The molecule has 9 heteroatoms. The van der Waals surface area contributed by atoms with Crippen LogP contribution in [0.4, 0.5) is 10.2 Å². The topological polar surface area (TPSA) is 86.6 Å². The van der Waals surface area contributed by atoms with Gasteiger partial charge >= 0.3 is 6.01 Å². The Kier molecular flexibility index (Phi) is 5.60. The van der Waals surface area contributed by atoms with Crippen molar-refractivity contribution in [3.63, 3.8) is 0 Å². The maximum atomic E-state index is 16.5. The molecule has 4 fully saturated rings. The highest BCUT2D eigenvalue weighted by molar-refractivity contribution is 5.99. The second-order valence-electron chi connectivity index (χ2n) is 12.0. The summed E-state index contributed by atoms with van der Waals surface area (Å²) in [6.07, 6.45) is 8.53. The quantitative estimate of drug-likeness (QED) is 0.379. The predicted molar refractivity (Wildman–Crippen MR) is 152 cm³/mol. The molecule has 4 aromatic rings. The molecule has 8 rings (SSSR count). The number of pyridine rings is 1. The van der Waals surface area contributed by atoms with E-state index in [1.807, 2.05) is 24.3 Å². The molecule has 0 aliphatic carbocycles. The van der Waals surface area contributed by atoms with E-state index in [1.54, 1.807) is 18.3 Å². The highest BCUT2D eigenvalue weighted by atomic mass is 19.1. The van der Waals surface area contributed by atoms with E-state index < -0.39 is 5.82 Å². The number of benzene rings is 2. The number of rotatable bonds is 5. The van der Waals surface area contributed by atoms with Gasteiger partial charge in [0.1, 0.15) is 29.4 Å². The first kappa shape index (κ1) is 24.3. The molecule has 0 spiro atoms. The molecule has 206 valence electrons. The van der Waals surface area contributed by atoms with Crippen LogP contribution in [0.25, 0.3) is 32.9 Å². The molecular weight excluding hydrogens is 507 g/mol. The van der Waals surface area contributed by atoms with Crippen molar-refractivity contribution < 1.29 is 14.2 Å². The van der Waals surface area contributed by atoms with Gasteiger partial charge in [-0.2, -0.15) is 9.97 Å². The Bertz CT molecular complexity index is 1610. The first-order chi connectivity index (χ1) is 19.6. The van der Waals surface area contributed by atoms with Crippen LogP contribution in [-0.4, -0.2) is 75.4 Å². The van der Waals surface area contributed by atoms with Crippen LogP contribution >= 0.6 is 0 Å². The number of aromatic hydroxyl groups is 1. The maximum Gasteiger partial charge on any atom is 0.319 e. The second-order valence-corrected chi connectivity index (χ2v) is 12.0. The summed E-state index contributed by atoms with van der Waals surface area (Å²) in [5.74, 6) is 0.223. The molecule has 4 aliphatic rings. The molecule has 2 aromatic carbocycles. The molecule has 4 aliphatic heterocycles. The highest BCUT2D eigenvalue weighted by Gasteiger charge is 2.45. The van der Waals surface area contributed by atoms with Gasteiger partial charge in [-0.25, -0.2) is 4.39 Å². The number of phenolic OH excluding ortho intramolecular Hbond substituents is 1. The predicted octanol–water partition coefficient (Wildman–Crippen LogP) is 4.64. The fraction of sp³-hybridized carbons (Fsp3) is 0.452. The smallest absolute Gasteiger partial charge is 0.319 e. The van der Waals surface area contributed by atoms with E-state index in [4.69, 9.17) is 9.72 Å². The highest BCUT2D eigenvalue weighted by Crippen LogP contribution is 2.40. The number of phenols is 1. The summed E-state index contributed by atoms with van der Waals surface area (Å²) in [7, 11) is 0. The molecule has 0 radical (unpaired) electrons. The Balaban J connectivity index is 1.25. The Morgan fingerprint density at radius 3 is 2.60 bits per heavy atom.